The summed E-state index contributed by atoms with van der Waals surface area (Å²) in [6.45, 7) is 0.875. The molecular formula is C15H14FN3O2. The van der Waals surface area contributed by atoms with Gasteiger partial charge in [0.2, 0.25) is 0 Å². The minimum atomic E-state index is -0.790. The highest BCUT2D eigenvalue weighted by molar-refractivity contribution is 5.74. The molecule has 1 fully saturated rings. The van der Waals surface area contributed by atoms with E-state index >= 15 is 0 Å². The number of hydrogen-bond acceptors (Lipinski definition) is 4. The maximum atomic E-state index is 13.6. The number of rotatable bonds is 4. The van der Waals surface area contributed by atoms with Crippen molar-refractivity contribution in [2.24, 2.45) is 5.92 Å². The first-order valence-electron chi connectivity index (χ1n) is 6.65. The molecule has 0 radical (unpaired) electrons. The Morgan fingerprint density at radius 2 is 2.10 bits per heavy atom. The fourth-order valence-corrected chi connectivity index (χ4v) is 2.29. The van der Waals surface area contributed by atoms with Gasteiger partial charge in [-0.05, 0) is 11.6 Å². The van der Waals surface area contributed by atoms with Crippen molar-refractivity contribution < 1.29 is 14.3 Å². The number of carbonyl (C=O) groups is 1. The van der Waals surface area contributed by atoms with Gasteiger partial charge in [0, 0.05) is 25.7 Å². The normalized spacial score (nSPS) is 14.8. The van der Waals surface area contributed by atoms with Crippen molar-refractivity contribution >= 4 is 11.8 Å². The number of carboxylic acids is 1. The smallest absolute Gasteiger partial charge is 0.310 e. The first-order valence-corrected chi connectivity index (χ1v) is 6.65. The average Bonchev–Trinajstić information content (AvgIpc) is 2.40. The lowest BCUT2D eigenvalue weighted by Gasteiger charge is -2.37. The molecule has 1 aliphatic rings. The Labute approximate surface area is 121 Å². The van der Waals surface area contributed by atoms with E-state index in [9.17, 15) is 9.18 Å². The quantitative estimate of drug-likeness (QED) is 0.927. The third kappa shape index (κ3) is 2.84. The van der Waals surface area contributed by atoms with Gasteiger partial charge in [0.05, 0.1) is 17.8 Å². The van der Waals surface area contributed by atoms with Crippen LogP contribution in [0.25, 0.3) is 0 Å². The second-order valence-corrected chi connectivity index (χ2v) is 5.08. The first-order chi connectivity index (χ1) is 10.1. The lowest BCUT2D eigenvalue weighted by molar-refractivity contribution is -0.142. The van der Waals surface area contributed by atoms with Crippen LogP contribution >= 0.6 is 0 Å². The average molecular weight is 287 g/mol. The van der Waals surface area contributed by atoms with Crippen molar-refractivity contribution in [3.05, 3.63) is 53.7 Å². The monoisotopic (exact) mass is 287 g/mol. The van der Waals surface area contributed by atoms with Crippen molar-refractivity contribution in [2.75, 3.05) is 18.0 Å². The predicted octanol–water partition coefficient (Wildman–Crippen LogP) is 1.73. The van der Waals surface area contributed by atoms with Gasteiger partial charge in [-0.3, -0.25) is 9.78 Å². The lowest BCUT2D eigenvalue weighted by atomic mass is 10.0. The van der Waals surface area contributed by atoms with Crippen LogP contribution in [-0.2, 0) is 11.2 Å². The van der Waals surface area contributed by atoms with E-state index in [1.165, 1.54) is 6.07 Å². The molecule has 21 heavy (non-hydrogen) atoms. The van der Waals surface area contributed by atoms with E-state index in [0.29, 0.717) is 36.6 Å². The van der Waals surface area contributed by atoms with Gasteiger partial charge < -0.3 is 10.0 Å². The Hall–Kier alpha value is -2.50. The van der Waals surface area contributed by atoms with Crippen LogP contribution in [-0.4, -0.2) is 34.1 Å². The molecular weight excluding hydrogens is 273 g/mol. The van der Waals surface area contributed by atoms with E-state index in [-0.39, 0.29) is 11.7 Å². The molecule has 0 spiro atoms. The lowest BCUT2D eigenvalue weighted by Crippen LogP contribution is -2.50. The third-order valence-electron chi connectivity index (χ3n) is 3.56. The summed E-state index contributed by atoms with van der Waals surface area (Å²) in [4.78, 5) is 21.2. The Bertz CT molecular complexity index is 671. The number of anilines is 1. The SMILES string of the molecule is O=C(O)C1CN(c2cncc(Cc3ccccc3F)n2)C1. The molecule has 0 saturated carbocycles. The Kier molecular flexibility index (Phi) is 3.51. The van der Waals surface area contributed by atoms with E-state index in [2.05, 4.69) is 9.97 Å². The maximum absolute atomic E-state index is 13.6. The first kappa shape index (κ1) is 13.5. The molecule has 0 amide bonds. The van der Waals surface area contributed by atoms with Crippen molar-refractivity contribution in [3.63, 3.8) is 0 Å². The van der Waals surface area contributed by atoms with E-state index in [1.807, 2.05) is 4.90 Å². The van der Waals surface area contributed by atoms with Gasteiger partial charge in [-0.2, -0.15) is 0 Å². The fraction of sp³-hybridized carbons (Fsp3) is 0.267. The van der Waals surface area contributed by atoms with Gasteiger partial charge in [-0.1, -0.05) is 18.2 Å². The minimum absolute atomic E-state index is 0.264. The van der Waals surface area contributed by atoms with E-state index < -0.39 is 5.97 Å². The Balaban J connectivity index is 1.73. The molecule has 5 nitrogen and oxygen atoms in total. The van der Waals surface area contributed by atoms with Crippen LogP contribution in [0.4, 0.5) is 10.2 Å². The Morgan fingerprint density at radius 3 is 2.81 bits per heavy atom. The van der Waals surface area contributed by atoms with Gasteiger partial charge in [0.15, 0.2) is 0 Å². The Morgan fingerprint density at radius 1 is 1.33 bits per heavy atom. The molecule has 0 unspecified atom stereocenters. The van der Waals surface area contributed by atoms with Crippen LogP contribution in [0.3, 0.4) is 0 Å². The summed E-state index contributed by atoms with van der Waals surface area (Å²) in [6, 6.07) is 6.56. The summed E-state index contributed by atoms with van der Waals surface area (Å²) in [5.41, 5.74) is 1.23. The zero-order valence-electron chi connectivity index (χ0n) is 11.2. The highest BCUT2D eigenvalue weighted by Gasteiger charge is 2.33. The number of aromatic nitrogens is 2. The highest BCUT2D eigenvalue weighted by Crippen LogP contribution is 2.23. The number of nitrogens with zero attached hydrogens (tertiary/aromatic N) is 3. The second kappa shape index (κ2) is 5.47. The van der Waals surface area contributed by atoms with E-state index in [4.69, 9.17) is 5.11 Å². The molecule has 1 aromatic heterocycles. The second-order valence-electron chi connectivity index (χ2n) is 5.08. The molecule has 1 saturated heterocycles. The molecule has 0 bridgehead atoms. The van der Waals surface area contributed by atoms with Crippen LogP contribution in [0, 0.1) is 11.7 Å². The molecule has 1 aromatic carbocycles. The standard InChI is InChI=1S/C15H14FN3O2/c16-13-4-2-1-3-10(13)5-12-6-17-7-14(18-12)19-8-11(9-19)15(20)21/h1-4,6-7,11H,5,8-9H2,(H,20,21). The number of aliphatic carboxylic acids is 1. The van der Waals surface area contributed by atoms with Crippen LogP contribution in [0.2, 0.25) is 0 Å². The fourth-order valence-electron chi connectivity index (χ4n) is 2.29. The molecule has 0 atom stereocenters. The maximum Gasteiger partial charge on any atom is 0.310 e. The van der Waals surface area contributed by atoms with E-state index in [1.54, 1.807) is 30.6 Å². The molecule has 3 rings (SSSR count). The molecule has 2 aromatic rings. The molecule has 108 valence electrons. The molecule has 6 heteroatoms. The molecule has 0 aliphatic carbocycles. The summed E-state index contributed by atoms with van der Waals surface area (Å²) in [5.74, 6) is -0.760. The zero-order valence-corrected chi connectivity index (χ0v) is 11.2. The third-order valence-corrected chi connectivity index (χ3v) is 3.56. The summed E-state index contributed by atoms with van der Waals surface area (Å²) < 4.78 is 13.6. The van der Waals surface area contributed by atoms with Crippen LogP contribution in [0.1, 0.15) is 11.3 Å². The summed E-state index contributed by atoms with van der Waals surface area (Å²) in [5, 5.41) is 8.87. The van der Waals surface area contributed by atoms with Crippen LogP contribution in [0.15, 0.2) is 36.7 Å². The largest absolute Gasteiger partial charge is 0.481 e. The van der Waals surface area contributed by atoms with Gasteiger partial charge in [0.1, 0.15) is 11.6 Å². The summed E-state index contributed by atoms with van der Waals surface area (Å²) in [6.07, 6.45) is 3.57. The molecule has 1 aliphatic heterocycles. The summed E-state index contributed by atoms with van der Waals surface area (Å²) in [7, 11) is 0. The number of halogens is 1. The zero-order chi connectivity index (χ0) is 14.8. The number of hydrogen-bond donors (Lipinski definition) is 1. The highest BCUT2D eigenvalue weighted by atomic mass is 19.1. The van der Waals surface area contributed by atoms with Crippen molar-refractivity contribution in [2.45, 2.75) is 6.42 Å². The van der Waals surface area contributed by atoms with Gasteiger partial charge >= 0.3 is 5.97 Å². The van der Waals surface area contributed by atoms with Crippen molar-refractivity contribution in [1.82, 2.24) is 9.97 Å². The van der Waals surface area contributed by atoms with Crippen molar-refractivity contribution in [1.29, 1.82) is 0 Å². The van der Waals surface area contributed by atoms with Gasteiger partial charge in [0.25, 0.3) is 0 Å². The summed E-state index contributed by atoms with van der Waals surface area (Å²) >= 11 is 0. The van der Waals surface area contributed by atoms with Crippen molar-refractivity contribution in [3.8, 4) is 0 Å². The van der Waals surface area contributed by atoms with Gasteiger partial charge in [-0.25, -0.2) is 9.37 Å². The molecule has 1 N–H and O–H groups in total. The molecule has 2 heterocycles. The van der Waals surface area contributed by atoms with E-state index in [0.717, 1.165) is 0 Å². The number of carboxylic acid groups (broad SMARTS) is 1. The van der Waals surface area contributed by atoms with Crippen LogP contribution in [0.5, 0.6) is 0 Å². The predicted molar refractivity (Wildman–Crippen MR) is 74.6 cm³/mol. The number of benzene rings is 1. The van der Waals surface area contributed by atoms with Gasteiger partial charge in [-0.15, -0.1) is 0 Å². The van der Waals surface area contributed by atoms with Crippen LogP contribution < -0.4 is 4.90 Å². The topological polar surface area (TPSA) is 66.3 Å². The minimum Gasteiger partial charge on any atom is -0.481 e.